The molecule has 0 unspecified atom stereocenters. The van der Waals surface area contributed by atoms with Gasteiger partial charge in [-0.15, -0.1) is 0 Å². The van der Waals surface area contributed by atoms with Crippen LogP contribution in [0.2, 0.25) is 5.02 Å². The van der Waals surface area contributed by atoms with Gasteiger partial charge in [0.15, 0.2) is 0 Å². The number of aromatic nitrogens is 2. The van der Waals surface area contributed by atoms with E-state index < -0.39 is 0 Å². The molecule has 0 fully saturated rings. The van der Waals surface area contributed by atoms with Crippen molar-refractivity contribution in [1.82, 2.24) is 15.3 Å². The fourth-order valence-corrected chi connectivity index (χ4v) is 2.44. The van der Waals surface area contributed by atoms with Crippen LogP contribution < -0.4 is 5.32 Å². The molecule has 0 amide bonds. The van der Waals surface area contributed by atoms with Gasteiger partial charge >= 0.3 is 0 Å². The van der Waals surface area contributed by atoms with E-state index in [9.17, 15) is 0 Å². The van der Waals surface area contributed by atoms with Gasteiger partial charge < -0.3 is 5.32 Å². The Balaban J connectivity index is 2.21. The van der Waals surface area contributed by atoms with Crippen molar-refractivity contribution in [2.75, 3.05) is 6.54 Å². The number of nitrogens with one attached hydrogen (secondary N) is 1. The van der Waals surface area contributed by atoms with Crippen LogP contribution in [0.3, 0.4) is 0 Å². The topological polar surface area (TPSA) is 37.8 Å². The molecule has 2 aromatic rings. The first kappa shape index (κ1) is 14.9. The van der Waals surface area contributed by atoms with E-state index in [2.05, 4.69) is 22.2 Å². The minimum absolute atomic E-state index is 0.712. The summed E-state index contributed by atoms with van der Waals surface area (Å²) in [5, 5.41) is 4.08. The summed E-state index contributed by atoms with van der Waals surface area (Å²) < 4.78 is 0. The molecule has 1 aromatic heterocycles. The second kappa shape index (κ2) is 6.82. The minimum Gasteiger partial charge on any atom is -0.313 e. The molecular formula is C16H20ClN3. The zero-order valence-corrected chi connectivity index (χ0v) is 13.0. The fraction of sp³-hybridized carbons (Fsp3) is 0.375. The van der Waals surface area contributed by atoms with Crippen molar-refractivity contribution in [2.45, 2.75) is 33.7 Å². The maximum Gasteiger partial charge on any atom is 0.133 e. The predicted molar refractivity (Wildman–Crippen MR) is 83.1 cm³/mol. The Labute approximate surface area is 125 Å². The van der Waals surface area contributed by atoms with Crippen LogP contribution in [0.5, 0.6) is 0 Å². The molecule has 20 heavy (non-hydrogen) atoms. The Morgan fingerprint density at radius 2 is 1.85 bits per heavy atom. The van der Waals surface area contributed by atoms with E-state index in [1.54, 1.807) is 0 Å². The van der Waals surface area contributed by atoms with E-state index >= 15 is 0 Å². The van der Waals surface area contributed by atoms with Gasteiger partial charge in [0.2, 0.25) is 0 Å². The van der Waals surface area contributed by atoms with E-state index in [0.717, 1.165) is 40.9 Å². The third-order valence-electron chi connectivity index (χ3n) is 3.27. The molecular weight excluding hydrogens is 270 g/mol. The van der Waals surface area contributed by atoms with Gasteiger partial charge in [0.25, 0.3) is 0 Å². The van der Waals surface area contributed by atoms with Crippen LogP contribution in [0.25, 0.3) is 0 Å². The molecule has 0 aliphatic heterocycles. The predicted octanol–water partition coefficient (Wildman–Crippen LogP) is 3.45. The van der Waals surface area contributed by atoms with Crippen molar-refractivity contribution in [3.63, 3.8) is 0 Å². The Kier molecular flexibility index (Phi) is 5.10. The van der Waals surface area contributed by atoms with Gasteiger partial charge in [0, 0.05) is 34.9 Å². The highest BCUT2D eigenvalue weighted by atomic mass is 35.5. The lowest BCUT2D eigenvalue weighted by molar-refractivity contribution is 0.706. The van der Waals surface area contributed by atoms with Crippen LogP contribution in [0.15, 0.2) is 24.3 Å². The molecule has 0 aliphatic carbocycles. The standard InChI is InChI=1S/C16H20ClN3/c1-4-18-10-15-11(2)19-16(20-12(15)3)9-13-6-5-7-14(17)8-13/h5-8,18H,4,9-10H2,1-3H3. The quantitative estimate of drug-likeness (QED) is 0.916. The van der Waals surface area contributed by atoms with Gasteiger partial charge in [0.1, 0.15) is 5.82 Å². The van der Waals surface area contributed by atoms with Crippen LogP contribution in [0.1, 0.15) is 35.3 Å². The SMILES string of the molecule is CCNCc1c(C)nc(Cc2cccc(Cl)c2)nc1C. The third-order valence-corrected chi connectivity index (χ3v) is 3.51. The number of hydrogen-bond acceptors (Lipinski definition) is 3. The van der Waals surface area contributed by atoms with Crippen LogP contribution in [-0.2, 0) is 13.0 Å². The van der Waals surface area contributed by atoms with E-state index in [1.807, 2.05) is 38.1 Å². The van der Waals surface area contributed by atoms with Gasteiger partial charge in [-0.05, 0) is 38.1 Å². The van der Waals surface area contributed by atoms with Gasteiger partial charge in [-0.3, -0.25) is 0 Å². The molecule has 0 saturated carbocycles. The molecule has 1 aromatic carbocycles. The number of rotatable bonds is 5. The summed E-state index contributed by atoms with van der Waals surface area (Å²) >= 11 is 6.01. The van der Waals surface area contributed by atoms with Crippen molar-refractivity contribution < 1.29 is 0 Å². The molecule has 2 rings (SSSR count). The van der Waals surface area contributed by atoms with Crippen LogP contribution in [0, 0.1) is 13.8 Å². The molecule has 4 heteroatoms. The van der Waals surface area contributed by atoms with Gasteiger partial charge in [0.05, 0.1) is 0 Å². The fourth-order valence-electron chi connectivity index (χ4n) is 2.22. The summed E-state index contributed by atoms with van der Waals surface area (Å²) in [6.07, 6.45) is 0.712. The van der Waals surface area contributed by atoms with Crippen LogP contribution in [-0.4, -0.2) is 16.5 Å². The summed E-state index contributed by atoms with van der Waals surface area (Å²) in [7, 11) is 0. The number of hydrogen-bond donors (Lipinski definition) is 1. The lowest BCUT2D eigenvalue weighted by Crippen LogP contribution is -2.16. The van der Waals surface area contributed by atoms with Crippen molar-refractivity contribution in [3.05, 3.63) is 57.6 Å². The van der Waals surface area contributed by atoms with E-state index in [4.69, 9.17) is 11.6 Å². The van der Waals surface area contributed by atoms with E-state index in [0.29, 0.717) is 6.42 Å². The maximum absolute atomic E-state index is 6.01. The number of benzene rings is 1. The van der Waals surface area contributed by atoms with Gasteiger partial charge in [-0.1, -0.05) is 30.7 Å². The highest BCUT2D eigenvalue weighted by molar-refractivity contribution is 6.30. The summed E-state index contributed by atoms with van der Waals surface area (Å²) in [4.78, 5) is 9.24. The lowest BCUT2D eigenvalue weighted by Gasteiger charge is -2.11. The Morgan fingerprint density at radius 1 is 1.15 bits per heavy atom. The van der Waals surface area contributed by atoms with Crippen LogP contribution >= 0.6 is 11.6 Å². The average Bonchev–Trinajstić information content (AvgIpc) is 2.38. The summed E-state index contributed by atoms with van der Waals surface area (Å²) in [5.74, 6) is 0.850. The summed E-state index contributed by atoms with van der Waals surface area (Å²) in [6.45, 7) is 7.96. The van der Waals surface area contributed by atoms with E-state index in [-0.39, 0.29) is 0 Å². The molecule has 0 spiro atoms. The Hall–Kier alpha value is -1.45. The summed E-state index contributed by atoms with van der Waals surface area (Å²) in [5.41, 5.74) is 4.43. The maximum atomic E-state index is 6.01. The molecule has 0 atom stereocenters. The normalized spacial score (nSPS) is 10.8. The molecule has 0 radical (unpaired) electrons. The molecule has 3 nitrogen and oxygen atoms in total. The Morgan fingerprint density at radius 3 is 2.45 bits per heavy atom. The van der Waals surface area contributed by atoms with Crippen molar-refractivity contribution in [2.24, 2.45) is 0 Å². The molecule has 106 valence electrons. The molecule has 0 bridgehead atoms. The smallest absolute Gasteiger partial charge is 0.133 e. The van der Waals surface area contributed by atoms with Crippen molar-refractivity contribution in [3.8, 4) is 0 Å². The second-order valence-electron chi connectivity index (χ2n) is 4.88. The first-order valence-electron chi connectivity index (χ1n) is 6.88. The van der Waals surface area contributed by atoms with Crippen LogP contribution in [0.4, 0.5) is 0 Å². The summed E-state index contributed by atoms with van der Waals surface area (Å²) in [6, 6.07) is 7.84. The highest BCUT2D eigenvalue weighted by Gasteiger charge is 2.08. The van der Waals surface area contributed by atoms with E-state index in [1.165, 1.54) is 5.56 Å². The van der Waals surface area contributed by atoms with Crippen molar-refractivity contribution >= 4 is 11.6 Å². The number of nitrogens with zero attached hydrogens (tertiary/aromatic N) is 2. The lowest BCUT2D eigenvalue weighted by atomic mass is 10.1. The number of aryl methyl sites for hydroxylation is 2. The zero-order chi connectivity index (χ0) is 14.5. The molecule has 0 saturated heterocycles. The number of halogens is 1. The first-order valence-corrected chi connectivity index (χ1v) is 7.26. The molecule has 1 heterocycles. The largest absolute Gasteiger partial charge is 0.313 e. The average molecular weight is 290 g/mol. The van der Waals surface area contributed by atoms with Gasteiger partial charge in [-0.25, -0.2) is 9.97 Å². The minimum atomic E-state index is 0.712. The zero-order valence-electron chi connectivity index (χ0n) is 12.2. The molecule has 1 N–H and O–H groups in total. The third kappa shape index (κ3) is 3.78. The second-order valence-corrected chi connectivity index (χ2v) is 5.31. The van der Waals surface area contributed by atoms with Crippen molar-refractivity contribution in [1.29, 1.82) is 0 Å². The van der Waals surface area contributed by atoms with Gasteiger partial charge in [-0.2, -0.15) is 0 Å². The Bertz CT molecular complexity index is 573. The first-order chi connectivity index (χ1) is 9.60. The highest BCUT2D eigenvalue weighted by Crippen LogP contribution is 2.15. The molecule has 0 aliphatic rings. The monoisotopic (exact) mass is 289 g/mol.